The Balaban J connectivity index is 1.59. The van der Waals surface area contributed by atoms with Gasteiger partial charge in [0.25, 0.3) is 5.91 Å². The molecule has 0 aliphatic rings. The molecule has 0 spiro atoms. The van der Waals surface area contributed by atoms with Gasteiger partial charge in [-0.1, -0.05) is 59.6 Å². The average Bonchev–Trinajstić information content (AvgIpc) is 2.72. The lowest BCUT2D eigenvalue weighted by atomic mass is 10.2. The standard InChI is InChI=1S/C21H18Cl2N2O4S/c22-16-7-4-8-17(11-16)25-21(26)14-29-20-10-9-18(12-19(20)23)30(27,28)24-13-15-5-2-1-3-6-15/h1-12,24H,13-14H2,(H,25,26). The third-order valence-electron chi connectivity index (χ3n) is 3.99. The second kappa shape index (κ2) is 9.95. The van der Waals surface area contributed by atoms with Crippen molar-refractivity contribution in [1.82, 2.24) is 4.72 Å². The third-order valence-corrected chi connectivity index (χ3v) is 5.92. The van der Waals surface area contributed by atoms with Crippen molar-refractivity contribution in [3.05, 3.63) is 88.4 Å². The molecule has 30 heavy (non-hydrogen) atoms. The third kappa shape index (κ3) is 6.21. The highest BCUT2D eigenvalue weighted by Gasteiger charge is 2.16. The minimum absolute atomic E-state index is 0.000778. The van der Waals surface area contributed by atoms with Crippen molar-refractivity contribution in [3.8, 4) is 5.75 Å². The van der Waals surface area contributed by atoms with E-state index in [4.69, 9.17) is 27.9 Å². The van der Waals surface area contributed by atoms with Gasteiger partial charge in [-0.25, -0.2) is 13.1 Å². The van der Waals surface area contributed by atoms with Crippen LogP contribution >= 0.6 is 23.2 Å². The fourth-order valence-corrected chi connectivity index (χ4v) is 4.06. The van der Waals surface area contributed by atoms with Gasteiger partial charge in [-0.2, -0.15) is 0 Å². The summed E-state index contributed by atoms with van der Waals surface area (Å²) in [6, 6.07) is 19.9. The van der Waals surface area contributed by atoms with Gasteiger partial charge in [0.1, 0.15) is 5.75 Å². The monoisotopic (exact) mass is 464 g/mol. The smallest absolute Gasteiger partial charge is 0.262 e. The van der Waals surface area contributed by atoms with E-state index >= 15 is 0 Å². The van der Waals surface area contributed by atoms with Gasteiger partial charge in [-0.05, 0) is 42.0 Å². The van der Waals surface area contributed by atoms with Crippen LogP contribution in [0, 0.1) is 0 Å². The molecule has 0 saturated carbocycles. The summed E-state index contributed by atoms with van der Waals surface area (Å²) in [5.74, 6) is -0.213. The van der Waals surface area contributed by atoms with Crippen molar-refractivity contribution in [1.29, 1.82) is 0 Å². The molecule has 0 bridgehead atoms. The number of anilines is 1. The number of carbonyl (C=O) groups is 1. The van der Waals surface area contributed by atoms with Crippen molar-refractivity contribution in [2.45, 2.75) is 11.4 Å². The first kappa shape index (κ1) is 22.1. The first-order valence-corrected chi connectivity index (χ1v) is 11.1. The zero-order valence-electron chi connectivity index (χ0n) is 15.6. The van der Waals surface area contributed by atoms with E-state index < -0.39 is 15.9 Å². The second-order valence-electron chi connectivity index (χ2n) is 6.25. The van der Waals surface area contributed by atoms with Crippen LogP contribution in [-0.2, 0) is 21.4 Å². The summed E-state index contributed by atoms with van der Waals surface area (Å²) in [6.07, 6.45) is 0. The fourth-order valence-electron chi connectivity index (χ4n) is 2.53. The topological polar surface area (TPSA) is 84.5 Å². The molecular formula is C21H18Cl2N2O4S. The summed E-state index contributed by atoms with van der Waals surface area (Å²) in [6.45, 7) is -0.146. The van der Waals surface area contributed by atoms with Gasteiger partial charge >= 0.3 is 0 Å². The number of rotatable bonds is 8. The molecule has 9 heteroatoms. The van der Waals surface area contributed by atoms with Crippen LogP contribution in [-0.4, -0.2) is 20.9 Å². The van der Waals surface area contributed by atoms with E-state index in [2.05, 4.69) is 10.0 Å². The summed E-state index contributed by atoms with van der Waals surface area (Å²) in [7, 11) is -3.76. The van der Waals surface area contributed by atoms with E-state index in [9.17, 15) is 13.2 Å². The number of carbonyl (C=O) groups excluding carboxylic acids is 1. The van der Waals surface area contributed by atoms with Crippen LogP contribution in [0.2, 0.25) is 10.0 Å². The van der Waals surface area contributed by atoms with Gasteiger partial charge in [-0.3, -0.25) is 4.79 Å². The first-order valence-electron chi connectivity index (χ1n) is 8.85. The molecule has 0 atom stereocenters. The van der Waals surface area contributed by atoms with Crippen molar-refractivity contribution in [3.63, 3.8) is 0 Å². The normalized spacial score (nSPS) is 11.1. The Morgan fingerprint density at radius 1 is 0.933 bits per heavy atom. The molecule has 3 aromatic rings. The maximum atomic E-state index is 12.5. The van der Waals surface area contributed by atoms with E-state index in [-0.39, 0.29) is 28.8 Å². The maximum absolute atomic E-state index is 12.5. The van der Waals surface area contributed by atoms with Gasteiger partial charge in [0.05, 0.1) is 9.92 Å². The van der Waals surface area contributed by atoms with E-state index in [1.165, 1.54) is 18.2 Å². The maximum Gasteiger partial charge on any atom is 0.262 e. The summed E-state index contributed by atoms with van der Waals surface area (Å²) in [5, 5.41) is 3.21. The number of benzene rings is 3. The molecule has 0 unspecified atom stereocenters. The minimum atomic E-state index is -3.76. The molecule has 1 amide bonds. The van der Waals surface area contributed by atoms with Gasteiger partial charge < -0.3 is 10.1 Å². The van der Waals surface area contributed by atoms with Crippen molar-refractivity contribution in [2.24, 2.45) is 0 Å². The summed E-state index contributed by atoms with van der Waals surface area (Å²) >= 11 is 12.0. The van der Waals surface area contributed by atoms with Gasteiger partial charge in [0, 0.05) is 17.3 Å². The Labute approximate surface area is 184 Å². The van der Waals surface area contributed by atoms with Crippen LogP contribution < -0.4 is 14.8 Å². The zero-order valence-corrected chi connectivity index (χ0v) is 18.0. The Morgan fingerprint density at radius 3 is 2.40 bits per heavy atom. The van der Waals surface area contributed by atoms with Gasteiger partial charge in [0.15, 0.2) is 6.61 Å². The molecule has 0 radical (unpaired) electrons. The lowest BCUT2D eigenvalue weighted by Gasteiger charge is -2.11. The Kier molecular flexibility index (Phi) is 7.33. The molecule has 0 heterocycles. The number of sulfonamides is 1. The lowest BCUT2D eigenvalue weighted by molar-refractivity contribution is -0.118. The van der Waals surface area contributed by atoms with Crippen molar-refractivity contribution in [2.75, 3.05) is 11.9 Å². The van der Waals surface area contributed by atoms with Crippen LogP contribution in [0.1, 0.15) is 5.56 Å². The van der Waals surface area contributed by atoms with Crippen LogP contribution in [0.3, 0.4) is 0 Å². The number of amides is 1. The molecule has 6 nitrogen and oxygen atoms in total. The van der Waals surface area contributed by atoms with E-state index in [1.807, 2.05) is 30.3 Å². The van der Waals surface area contributed by atoms with Crippen LogP contribution in [0.15, 0.2) is 77.7 Å². The van der Waals surface area contributed by atoms with E-state index in [0.717, 1.165) is 5.56 Å². The molecule has 0 aliphatic carbocycles. The molecular weight excluding hydrogens is 447 g/mol. The van der Waals surface area contributed by atoms with Gasteiger partial charge in [-0.15, -0.1) is 0 Å². The van der Waals surface area contributed by atoms with Crippen LogP contribution in [0.5, 0.6) is 5.75 Å². The van der Waals surface area contributed by atoms with Crippen LogP contribution in [0.4, 0.5) is 5.69 Å². The molecule has 0 aliphatic heterocycles. The molecule has 2 N–H and O–H groups in total. The lowest BCUT2D eigenvalue weighted by Crippen LogP contribution is -2.23. The van der Waals surface area contributed by atoms with Crippen molar-refractivity contribution < 1.29 is 17.9 Å². The summed E-state index contributed by atoms with van der Waals surface area (Å²) in [4.78, 5) is 12.0. The fraction of sp³-hybridized carbons (Fsp3) is 0.0952. The van der Waals surface area contributed by atoms with Gasteiger partial charge in [0.2, 0.25) is 10.0 Å². The van der Waals surface area contributed by atoms with E-state index in [0.29, 0.717) is 10.7 Å². The number of halogens is 2. The average molecular weight is 465 g/mol. The molecule has 3 aromatic carbocycles. The molecule has 156 valence electrons. The highest BCUT2D eigenvalue weighted by atomic mass is 35.5. The molecule has 3 rings (SSSR count). The van der Waals surface area contributed by atoms with Crippen molar-refractivity contribution >= 4 is 44.8 Å². The Morgan fingerprint density at radius 2 is 1.70 bits per heavy atom. The predicted octanol–water partition coefficient (Wildman–Crippen LogP) is 4.49. The number of hydrogen-bond acceptors (Lipinski definition) is 4. The Bertz CT molecular complexity index is 1140. The summed E-state index contributed by atoms with van der Waals surface area (Å²) in [5.41, 5.74) is 1.37. The number of nitrogens with one attached hydrogen (secondary N) is 2. The highest BCUT2D eigenvalue weighted by Crippen LogP contribution is 2.27. The predicted molar refractivity (Wildman–Crippen MR) is 117 cm³/mol. The largest absolute Gasteiger partial charge is 0.482 e. The highest BCUT2D eigenvalue weighted by molar-refractivity contribution is 7.89. The second-order valence-corrected chi connectivity index (χ2v) is 8.86. The molecule has 0 saturated heterocycles. The summed E-state index contributed by atoms with van der Waals surface area (Å²) < 4.78 is 32.9. The zero-order chi connectivity index (χ0) is 21.6. The first-order chi connectivity index (χ1) is 14.3. The molecule has 0 aromatic heterocycles. The minimum Gasteiger partial charge on any atom is -0.482 e. The van der Waals surface area contributed by atoms with Crippen LogP contribution in [0.25, 0.3) is 0 Å². The number of ether oxygens (including phenoxy) is 1. The molecule has 0 fully saturated rings. The Hall–Kier alpha value is -2.58. The quantitative estimate of drug-likeness (QED) is 0.514. The SMILES string of the molecule is O=C(COc1ccc(S(=O)(=O)NCc2ccccc2)cc1Cl)Nc1cccc(Cl)c1. The van der Waals surface area contributed by atoms with E-state index in [1.54, 1.807) is 24.3 Å². The number of hydrogen-bond donors (Lipinski definition) is 2.